The van der Waals surface area contributed by atoms with Gasteiger partial charge in [0.15, 0.2) is 0 Å². The third-order valence-electron chi connectivity index (χ3n) is 3.64. The van der Waals surface area contributed by atoms with Crippen LogP contribution in [0.1, 0.15) is 18.7 Å². The lowest BCUT2D eigenvalue weighted by Crippen LogP contribution is -2.36. The number of morpholine rings is 1. The van der Waals surface area contributed by atoms with Gasteiger partial charge in [0.05, 0.1) is 31.4 Å². The molecular weight excluding hydrogens is 252 g/mol. The van der Waals surface area contributed by atoms with Gasteiger partial charge >= 0.3 is 0 Å². The van der Waals surface area contributed by atoms with Gasteiger partial charge in [-0.3, -0.25) is 0 Å². The molecular formula is C15H20N4O. The Labute approximate surface area is 119 Å². The molecule has 3 rings (SSSR count). The Morgan fingerprint density at radius 2 is 1.80 bits per heavy atom. The quantitative estimate of drug-likeness (QED) is 0.924. The van der Waals surface area contributed by atoms with Crippen molar-refractivity contribution < 1.29 is 4.74 Å². The zero-order valence-electron chi connectivity index (χ0n) is 11.7. The lowest BCUT2D eigenvalue weighted by Gasteiger charge is -2.29. The van der Waals surface area contributed by atoms with Crippen LogP contribution in [-0.2, 0) is 4.74 Å². The van der Waals surface area contributed by atoms with E-state index in [-0.39, 0.29) is 6.04 Å². The Kier molecular flexibility index (Phi) is 3.71. The van der Waals surface area contributed by atoms with E-state index in [4.69, 9.17) is 10.5 Å². The number of rotatable bonds is 3. The van der Waals surface area contributed by atoms with Crippen molar-refractivity contribution in [2.24, 2.45) is 5.73 Å². The third-order valence-corrected chi connectivity index (χ3v) is 3.64. The molecule has 1 atom stereocenters. The van der Waals surface area contributed by atoms with Crippen molar-refractivity contribution in [3.05, 3.63) is 42.5 Å². The van der Waals surface area contributed by atoms with Crippen LogP contribution in [0.2, 0.25) is 0 Å². The summed E-state index contributed by atoms with van der Waals surface area (Å²) >= 11 is 0. The summed E-state index contributed by atoms with van der Waals surface area (Å²) in [6, 6.07) is 8.48. The average Bonchev–Trinajstić information content (AvgIpc) is 2.98. The number of hydrogen-bond acceptors (Lipinski definition) is 4. The molecule has 2 N–H and O–H groups in total. The van der Waals surface area contributed by atoms with Crippen molar-refractivity contribution in [3.63, 3.8) is 0 Å². The fourth-order valence-electron chi connectivity index (χ4n) is 2.50. The minimum Gasteiger partial charge on any atom is -0.378 e. The monoisotopic (exact) mass is 272 g/mol. The third kappa shape index (κ3) is 2.55. The van der Waals surface area contributed by atoms with Crippen LogP contribution in [0.5, 0.6) is 0 Å². The summed E-state index contributed by atoms with van der Waals surface area (Å²) in [6.45, 7) is 5.48. The van der Waals surface area contributed by atoms with Gasteiger partial charge in [-0.1, -0.05) is 0 Å². The fourth-order valence-corrected chi connectivity index (χ4v) is 2.50. The maximum atomic E-state index is 5.96. The zero-order chi connectivity index (χ0) is 13.9. The molecule has 0 saturated carbocycles. The van der Waals surface area contributed by atoms with E-state index < -0.39 is 0 Å². The van der Waals surface area contributed by atoms with Gasteiger partial charge in [-0.25, -0.2) is 4.98 Å². The highest BCUT2D eigenvalue weighted by atomic mass is 16.5. The van der Waals surface area contributed by atoms with Crippen LogP contribution in [0.25, 0.3) is 5.69 Å². The first kappa shape index (κ1) is 13.1. The number of ether oxygens (including phenoxy) is 1. The zero-order valence-corrected chi connectivity index (χ0v) is 11.7. The van der Waals surface area contributed by atoms with E-state index in [0.29, 0.717) is 0 Å². The van der Waals surface area contributed by atoms with E-state index in [9.17, 15) is 0 Å². The van der Waals surface area contributed by atoms with Crippen molar-refractivity contribution >= 4 is 5.69 Å². The molecule has 0 unspecified atom stereocenters. The van der Waals surface area contributed by atoms with E-state index in [2.05, 4.69) is 34.1 Å². The number of anilines is 1. The first-order chi connectivity index (χ1) is 9.75. The van der Waals surface area contributed by atoms with Gasteiger partial charge in [0.25, 0.3) is 0 Å². The molecule has 0 aliphatic carbocycles. The number of imidazole rings is 1. The highest BCUT2D eigenvalue weighted by Gasteiger charge is 2.12. The van der Waals surface area contributed by atoms with Gasteiger partial charge in [0, 0.05) is 30.5 Å². The first-order valence-corrected chi connectivity index (χ1v) is 6.96. The normalized spacial score (nSPS) is 17.2. The predicted molar refractivity (Wildman–Crippen MR) is 79.2 cm³/mol. The first-order valence-electron chi connectivity index (χ1n) is 6.96. The molecule has 2 aromatic rings. The Morgan fingerprint density at radius 1 is 1.15 bits per heavy atom. The lowest BCUT2D eigenvalue weighted by atomic mass is 10.2. The number of nitrogens with two attached hydrogens (primary N) is 1. The number of hydrogen-bond donors (Lipinski definition) is 1. The Morgan fingerprint density at radius 3 is 2.45 bits per heavy atom. The van der Waals surface area contributed by atoms with Crippen LogP contribution in [0.3, 0.4) is 0 Å². The van der Waals surface area contributed by atoms with Crippen LogP contribution in [0.15, 0.2) is 36.8 Å². The number of nitrogens with zero attached hydrogens (tertiary/aromatic N) is 3. The van der Waals surface area contributed by atoms with Gasteiger partial charge in [-0.2, -0.15) is 0 Å². The summed E-state index contributed by atoms with van der Waals surface area (Å²) in [7, 11) is 0. The van der Waals surface area contributed by atoms with Crippen molar-refractivity contribution in [1.82, 2.24) is 9.55 Å². The Bertz CT molecular complexity index is 556. The van der Waals surface area contributed by atoms with Crippen LogP contribution >= 0.6 is 0 Å². The second-order valence-corrected chi connectivity index (χ2v) is 5.09. The minimum absolute atomic E-state index is 0.0311. The number of benzene rings is 1. The molecule has 1 fully saturated rings. The van der Waals surface area contributed by atoms with Crippen LogP contribution in [0.4, 0.5) is 5.69 Å². The summed E-state index contributed by atoms with van der Waals surface area (Å²) in [4.78, 5) is 6.53. The van der Waals surface area contributed by atoms with Gasteiger partial charge in [0.1, 0.15) is 0 Å². The van der Waals surface area contributed by atoms with Crippen molar-refractivity contribution in [2.45, 2.75) is 13.0 Å². The minimum atomic E-state index is -0.0311. The summed E-state index contributed by atoms with van der Waals surface area (Å²) in [5.41, 5.74) is 9.30. The summed E-state index contributed by atoms with van der Waals surface area (Å²) in [5, 5.41) is 0. The summed E-state index contributed by atoms with van der Waals surface area (Å²) < 4.78 is 7.41. The lowest BCUT2D eigenvalue weighted by molar-refractivity contribution is 0.122. The van der Waals surface area contributed by atoms with Crippen LogP contribution in [0, 0.1) is 0 Å². The Hall–Kier alpha value is -1.85. The molecule has 1 aliphatic rings. The molecule has 0 radical (unpaired) electrons. The van der Waals surface area contributed by atoms with Gasteiger partial charge < -0.3 is 19.9 Å². The van der Waals surface area contributed by atoms with E-state index in [1.807, 2.05) is 24.0 Å². The van der Waals surface area contributed by atoms with E-state index >= 15 is 0 Å². The molecule has 0 spiro atoms. The standard InChI is InChI=1S/C15H20N4O/c1-12(16)15-10-17-11-19(15)14-4-2-13(3-5-14)18-6-8-20-9-7-18/h2-5,10-12H,6-9,16H2,1H3/t12-/m0/s1. The average molecular weight is 272 g/mol. The second kappa shape index (κ2) is 5.64. The van der Waals surface area contributed by atoms with Gasteiger partial charge in [-0.05, 0) is 31.2 Å². The summed E-state index contributed by atoms with van der Waals surface area (Å²) in [5.74, 6) is 0. The topological polar surface area (TPSA) is 56.3 Å². The molecule has 1 aromatic heterocycles. The van der Waals surface area contributed by atoms with Crippen LogP contribution < -0.4 is 10.6 Å². The fraction of sp³-hybridized carbons (Fsp3) is 0.400. The van der Waals surface area contributed by atoms with E-state index in [1.54, 1.807) is 0 Å². The van der Waals surface area contributed by atoms with Crippen molar-refractivity contribution in [1.29, 1.82) is 0 Å². The van der Waals surface area contributed by atoms with Gasteiger partial charge in [-0.15, -0.1) is 0 Å². The SMILES string of the molecule is C[C@H](N)c1cncn1-c1ccc(N2CCOCC2)cc1. The molecule has 1 saturated heterocycles. The molecule has 5 nitrogen and oxygen atoms in total. The molecule has 0 bridgehead atoms. The molecule has 0 amide bonds. The van der Waals surface area contributed by atoms with Gasteiger partial charge in [0.2, 0.25) is 0 Å². The second-order valence-electron chi connectivity index (χ2n) is 5.09. The predicted octanol–water partition coefficient (Wildman–Crippen LogP) is 1.73. The number of aromatic nitrogens is 2. The highest BCUT2D eigenvalue weighted by molar-refractivity contribution is 5.51. The van der Waals surface area contributed by atoms with Crippen LogP contribution in [-0.4, -0.2) is 35.9 Å². The molecule has 2 heterocycles. The van der Waals surface area contributed by atoms with Crippen molar-refractivity contribution in [2.75, 3.05) is 31.2 Å². The highest BCUT2D eigenvalue weighted by Crippen LogP contribution is 2.21. The molecule has 20 heavy (non-hydrogen) atoms. The molecule has 1 aliphatic heterocycles. The molecule has 5 heteroatoms. The maximum Gasteiger partial charge on any atom is 0.0994 e. The smallest absolute Gasteiger partial charge is 0.0994 e. The summed E-state index contributed by atoms with van der Waals surface area (Å²) in [6.07, 6.45) is 3.63. The largest absolute Gasteiger partial charge is 0.378 e. The Balaban J connectivity index is 1.83. The molecule has 1 aromatic carbocycles. The van der Waals surface area contributed by atoms with E-state index in [0.717, 1.165) is 37.7 Å². The van der Waals surface area contributed by atoms with Crippen molar-refractivity contribution in [3.8, 4) is 5.69 Å². The maximum absolute atomic E-state index is 5.96. The molecule has 106 valence electrons. The van der Waals surface area contributed by atoms with E-state index in [1.165, 1.54) is 5.69 Å².